The Kier molecular flexibility index (Phi) is 12.1. The van der Waals surface area contributed by atoms with Crippen LogP contribution in [-0.2, 0) is 6.54 Å². The summed E-state index contributed by atoms with van der Waals surface area (Å²) in [7, 11) is 0. The fourth-order valence-corrected chi connectivity index (χ4v) is 3.09. The van der Waals surface area contributed by atoms with Crippen molar-refractivity contribution in [3.8, 4) is 0 Å². The van der Waals surface area contributed by atoms with Crippen molar-refractivity contribution in [1.29, 1.82) is 0 Å². The van der Waals surface area contributed by atoms with E-state index in [0.29, 0.717) is 6.54 Å². The van der Waals surface area contributed by atoms with E-state index in [1.807, 2.05) is 18.0 Å². The lowest BCUT2D eigenvalue weighted by Crippen LogP contribution is -2.38. The minimum atomic E-state index is 0. The summed E-state index contributed by atoms with van der Waals surface area (Å²) in [6.45, 7) is 6.81. The average molecular weight is 477 g/mol. The first-order valence-corrected chi connectivity index (χ1v) is 10.4. The Balaban J connectivity index is 0.00000312. The van der Waals surface area contributed by atoms with Crippen LogP contribution in [-0.4, -0.2) is 49.1 Å². The van der Waals surface area contributed by atoms with Crippen molar-refractivity contribution in [2.24, 2.45) is 4.99 Å². The minimum absolute atomic E-state index is 0. The molecule has 5 nitrogen and oxygen atoms in total. The predicted molar refractivity (Wildman–Crippen MR) is 122 cm³/mol. The summed E-state index contributed by atoms with van der Waals surface area (Å²) in [5, 5.41) is 6.63. The maximum absolute atomic E-state index is 4.66. The molecular weight excluding hydrogens is 445 g/mol. The van der Waals surface area contributed by atoms with Gasteiger partial charge in [-0.3, -0.25) is 0 Å². The minimum Gasteiger partial charge on any atom is -0.357 e. The molecule has 0 atom stereocenters. The van der Waals surface area contributed by atoms with Crippen LogP contribution in [0.15, 0.2) is 23.3 Å². The van der Waals surface area contributed by atoms with Gasteiger partial charge in [0.2, 0.25) is 0 Å². The van der Waals surface area contributed by atoms with Crippen LogP contribution in [0.4, 0.5) is 5.82 Å². The second kappa shape index (κ2) is 13.5. The fraction of sp³-hybridized carbons (Fsp3) is 0.667. The molecule has 1 aromatic heterocycles. The molecule has 0 aliphatic carbocycles. The zero-order valence-corrected chi connectivity index (χ0v) is 18.6. The zero-order valence-electron chi connectivity index (χ0n) is 15.5. The van der Waals surface area contributed by atoms with Gasteiger partial charge in [-0.1, -0.05) is 18.9 Å². The van der Waals surface area contributed by atoms with E-state index in [9.17, 15) is 0 Å². The number of anilines is 1. The van der Waals surface area contributed by atoms with Gasteiger partial charge in [-0.15, -0.1) is 24.0 Å². The Morgan fingerprint density at radius 2 is 1.96 bits per heavy atom. The molecule has 0 bridgehead atoms. The highest BCUT2D eigenvalue weighted by Crippen LogP contribution is 2.17. The number of nitrogens with zero attached hydrogens (tertiary/aromatic N) is 3. The molecule has 25 heavy (non-hydrogen) atoms. The number of hydrogen-bond acceptors (Lipinski definition) is 4. The smallest absolute Gasteiger partial charge is 0.191 e. The van der Waals surface area contributed by atoms with Gasteiger partial charge in [-0.2, -0.15) is 11.8 Å². The van der Waals surface area contributed by atoms with Gasteiger partial charge in [0.1, 0.15) is 5.82 Å². The third-order valence-electron chi connectivity index (χ3n) is 4.10. The summed E-state index contributed by atoms with van der Waals surface area (Å²) >= 11 is 1.83. The summed E-state index contributed by atoms with van der Waals surface area (Å²) in [6.07, 6.45) is 9.33. The summed E-state index contributed by atoms with van der Waals surface area (Å²) in [5.74, 6) is 3.06. The van der Waals surface area contributed by atoms with Crippen molar-refractivity contribution in [1.82, 2.24) is 15.6 Å². The number of pyridine rings is 1. The molecule has 0 unspecified atom stereocenters. The van der Waals surface area contributed by atoms with Gasteiger partial charge in [0.05, 0.1) is 6.54 Å². The Morgan fingerprint density at radius 3 is 2.56 bits per heavy atom. The number of nitrogens with one attached hydrogen (secondary N) is 2. The van der Waals surface area contributed by atoms with E-state index in [1.165, 1.54) is 25.7 Å². The van der Waals surface area contributed by atoms with Gasteiger partial charge in [0, 0.05) is 38.1 Å². The van der Waals surface area contributed by atoms with Gasteiger partial charge in [-0.25, -0.2) is 9.98 Å². The van der Waals surface area contributed by atoms with Crippen molar-refractivity contribution in [3.05, 3.63) is 23.9 Å². The number of hydrogen-bond donors (Lipinski definition) is 2. The number of halogens is 1. The van der Waals surface area contributed by atoms with Gasteiger partial charge >= 0.3 is 0 Å². The Labute approximate surface area is 173 Å². The highest BCUT2D eigenvalue weighted by atomic mass is 127. The largest absolute Gasteiger partial charge is 0.357 e. The summed E-state index contributed by atoms with van der Waals surface area (Å²) in [5.41, 5.74) is 1.15. The molecule has 0 aromatic carbocycles. The van der Waals surface area contributed by atoms with Gasteiger partial charge in [-0.05, 0) is 37.7 Å². The van der Waals surface area contributed by atoms with E-state index in [1.54, 1.807) is 0 Å². The highest BCUT2D eigenvalue weighted by Gasteiger charge is 2.10. The SMILES string of the molecule is CCNC(=NCc1ccc(N2CCCCCC2)nc1)NCCSC.I. The first-order valence-electron chi connectivity index (χ1n) is 9.04. The highest BCUT2D eigenvalue weighted by molar-refractivity contribution is 14.0. The number of aliphatic imine (C=N–C) groups is 1. The third kappa shape index (κ3) is 8.48. The maximum Gasteiger partial charge on any atom is 0.191 e. The topological polar surface area (TPSA) is 52.6 Å². The molecule has 142 valence electrons. The summed E-state index contributed by atoms with van der Waals surface area (Å²) in [6, 6.07) is 4.30. The van der Waals surface area contributed by atoms with E-state index < -0.39 is 0 Å². The van der Waals surface area contributed by atoms with Gasteiger partial charge in [0.25, 0.3) is 0 Å². The van der Waals surface area contributed by atoms with Crippen molar-refractivity contribution < 1.29 is 0 Å². The number of guanidine groups is 1. The maximum atomic E-state index is 4.66. The van der Waals surface area contributed by atoms with Crippen LogP contribution < -0.4 is 15.5 Å². The Hall–Kier alpha value is -0.700. The lowest BCUT2D eigenvalue weighted by Gasteiger charge is -2.21. The molecular formula is C18H32IN5S. The van der Waals surface area contributed by atoms with Crippen LogP contribution in [0.3, 0.4) is 0 Å². The Morgan fingerprint density at radius 1 is 1.20 bits per heavy atom. The molecule has 1 aromatic rings. The van der Waals surface area contributed by atoms with E-state index >= 15 is 0 Å². The van der Waals surface area contributed by atoms with E-state index in [4.69, 9.17) is 0 Å². The van der Waals surface area contributed by atoms with Crippen molar-refractivity contribution in [2.75, 3.05) is 43.1 Å². The second-order valence-electron chi connectivity index (χ2n) is 6.04. The van der Waals surface area contributed by atoms with E-state index in [0.717, 1.165) is 49.3 Å². The first kappa shape index (κ1) is 22.3. The van der Waals surface area contributed by atoms with Crippen molar-refractivity contribution in [2.45, 2.75) is 39.2 Å². The van der Waals surface area contributed by atoms with Crippen LogP contribution in [0.1, 0.15) is 38.2 Å². The molecule has 2 rings (SSSR count). The molecule has 0 spiro atoms. The monoisotopic (exact) mass is 477 g/mol. The molecule has 7 heteroatoms. The second-order valence-corrected chi connectivity index (χ2v) is 7.03. The molecule has 1 aliphatic rings. The molecule has 2 heterocycles. The lowest BCUT2D eigenvalue weighted by atomic mass is 10.2. The number of aromatic nitrogens is 1. The quantitative estimate of drug-likeness (QED) is 0.273. The molecule has 0 radical (unpaired) electrons. The van der Waals surface area contributed by atoms with Crippen LogP contribution >= 0.6 is 35.7 Å². The van der Waals surface area contributed by atoms with Gasteiger partial charge < -0.3 is 15.5 Å². The van der Waals surface area contributed by atoms with Crippen LogP contribution in [0, 0.1) is 0 Å². The molecule has 1 fully saturated rings. The molecule has 1 saturated heterocycles. The van der Waals surface area contributed by atoms with Crippen LogP contribution in [0.5, 0.6) is 0 Å². The first-order chi connectivity index (χ1) is 11.8. The van der Waals surface area contributed by atoms with Crippen LogP contribution in [0.2, 0.25) is 0 Å². The normalized spacial score (nSPS) is 15.3. The standard InChI is InChI=1S/C18H31N5S.HI/c1-3-19-18(20-10-13-24-2)22-15-16-8-9-17(21-14-16)23-11-6-4-5-7-12-23;/h8-9,14H,3-7,10-13,15H2,1-2H3,(H2,19,20,22);1H. The third-order valence-corrected chi connectivity index (χ3v) is 4.71. The van der Waals surface area contributed by atoms with Gasteiger partial charge in [0.15, 0.2) is 5.96 Å². The van der Waals surface area contributed by atoms with Crippen molar-refractivity contribution >= 4 is 47.5 Å². The summed E-state index contributed by atoms with van der Waals surface area (Å²) < 4.78 is 0. The lowest BCUT2D eigenvalue weighted by molar-refractivity contribution is 0.726. The number of thioether (sulfide) groups is 1. The predicted octanol–water partition coefficient (Wildman–Crippen LogP) is 3.50. The van der Waals surface area contributed by atoms with Crippen LogP contribution in [0.25, 0.3) is 0 Å². The van der Waals surface area contributed by atoms with E-state index in [-0.39, 0.29) is 24.0 Å². The molecule has 0 amide bonds. The molecule has 2 N–H and O–H groups in total. The van der Waals surface area contributed by atoms with E-state index in [2.05, 4.69) is 50.8 Å². The zero-order chi connectivity index (χ0) is 17.0. The molecule has 1 aliphatic heterocycles. The van der Waals surface area contributed by atoms with Crippen molar-refractivity contribution in [3.63, 3.8) is 0 Å². The number of rotatable bonds is 7. The average Bonchev–Trinajstić information content (AvgIpc) is 2.90. The fourth-order valence-electron chi connectivity index (χ4n) is 2.78. The summed E-state index contributed by atoms with van der Waals surface area (Å²) in [4.78, 5) is 11.7. The molecule has 0 saturated carbocycles. The Bertz CT molecular complexity index is 487.